The molecule has 4 aliphatic carbocycles. The normalized spacial score (nSPS) is 40.3. The second kappa shape index (κ2) is 6.68. The van der Waals surface area contributed by atoms with Crippen molar-refractivity contribution in [1.29, 1.82) is 0 Å². The molecule has 0 spiro atoms. The Hall–Kier alpha value is -0.280. The van der Waals surface area contributed by atoms with Crippen molar-refractivity contribution in [2.24, 2.45) is 29.1 Å². The van der Waals surface area contributed by atoms with Crippen molar-refractivity contribution in [3.63, 3.8) is 0 Å². The van der Waals surface area contributed by atoms with Crippen LogP contribution in [0.2, 0.25) is 0 Å². The van der Waals surface area contributed by atoms with Crippen LogP contribution in [0.25, 0.3) is 0 Å². The second-order valence-corrected chi connectivity index (χ2v) is 8.48. The first-order chi connectivity index (χ1) is 10.2. The van der Waals surface area contributed by atoms with E-state index in [0.29, 0.717) is 11.3 Å². The summed E-state index contributed by atoms with van der Waals surface area (Å²) in [5, 5.41) is 6.60. The van der Waals surface area contributed by atoms with E-state index in [0.717, 1.165) is 50.2 Å². The van der Waals surface area contributed by atoms with Crippen LogP contribution in [-0.4, -0.2) is 25.5 Å². The average molecular weight is 327 g/mol. The van der Waals surface area contributed by atoms with Crippen molar-refractivity contribution in [3.05, 3.63) is 0 Å². The van der Waals surface area contributed by atoms with Crippen molar-refractivity contribution in [2.45, 2.75) is 57.8 Å². The predicted molar refractivity (Wildman–Crippen MR) is 91.1 cm³/mol. The van der Waals surface area contributed by atoms with Crippen LogP contribution in [0.15, 0.2) is 0 Å². The van der Waals surface area contributed by atoms with Gasteiger partial charge in [0.25, 0.3) is 0 Å². The van der Waals surface area contributed by atoms with Gasteiger partial charge in [-0.1, -0.05) is 0 Å². The predicted octanol–water partition coefficient (Wildman–Crippen LogP) is 3.13. The zero-order valence-corrected chi connectivity index (χ0v) is 14.4. The number of rotatable bonds is 4. The molecule has 0 radical (unpaired) electrons. The van der Waals surface area contributed by atoms with Crippen LogP contribution in [0.5, 0.6) is 0 Å². The Morgan fingerprint density at radius 1 is 1.00 bits per heavy atom. The second-order valence-electron chi connectivity index (χ2n) is 8.48. The molecule has 0 atom stereocenters. The Balaban J connectivity index is 0.00000144. The SMILES string of the molecule is Cl.O=C(NCCC12CC3CC(CC(C3)C1)C2)C1CCNCC1. The number of amides is 1. The number of carbonyl (C=O) groups excluding carboxylic acids is 1. The van der Waals surface area contributed by atoms with Gasteiger partial charge in [0.1, 0.15) is 0 Å². The van der Waals surface area contributed by atoms with E-state index in [9.17, 15) is 4.79 Å². The molecular formula is C18H31ClN2O. The van der Waals surface area contributed by atoms with E-state index in [1.807, 2.05) is 0 Å². The first-order valence-electron chi connectivity index (χ1n) is 9.21. The van der Waals surface area contributed by atoms with E-state index in [4.69, 9.17) is 0 Å². The number of nitrogens with one attached hydrogen (secondary N) is 2. The molecular weight excluding hydrogens is 296 g/mol. The lowest BCUT2D eigenvalue weighted by Gasteiger charge is -2.57. The summed E-state index contributed by atoms with van der Waals surface area (Å²) < 4.78 is 0. The van der Waals surface area contributed by atoms with Gasteiger partial charge < -0.3 is 10.6 Å². The molecule has 22 heavy (non-hydrogen) atoms. The molecule has 5 fully saturated rings. The average Bonchev–Trinajstić information content (AvgIpc) is 2.46. The summed E-state index contributed by atoms with van der Waals surface area (Å²) in [7, 11) is 0. The highest BCUT2D eigenvalue weighted by Crippen LogP contribution is 2.61. The highest BCUT2D eigenvalue weighted by atomic mass is 35.5. The third-order valence-electron chi connectivity index (χ3n) is 6.83. The van der Waals surface area contributed by atoms with Gasteiger partial charge >= 0.3 is 0 Å². The maximum atomic E-state index is 12.2. The fraction of sp³-hybridized carbons (Fsp3) is 0.944. The maximum absolute atomic E-state index is 12.2. The van der Waals surface area contributed by atoms with Crippen molar-refractivity contribution in [2.75, 3.05) is 19.6 Å². The quantitative estimate of drug-likeness (QED) is 0.833. The van der Waals surface area contributed by atoms with Crippen LogP contribution in [0.4, 0.5) is 0 Å². The summed E-state index contributed by atoms with van der Waals surface area (Å²) in [6.07, 6.45) is 12.2. The Morgan fingerprint density at radius 2 is 1.55 bits per heavy atom. The summed E-state index contributed by atoms with van der Waals surface area (Å²) in [5.41, 5.74) is 0.607. The van der Waals surface area contributed by atoms with E-state index in [2.05, 4.69) is 10.6 Å². The Labute approximate surface area is 140 Å². The van der Waals surface area contributed by atoms with Crippen LogP contribution in [0, 0.1) is 29.1 Å². The third-order valence-corrected chi connectivity index (χ3v) is 6.83. The molecule has 4 heteroatoms. The maximum Gasteiger partial charge on any atom is 0.223 e. The van der Waals surface area contributed by atoms with Crippen LogP contribution >= 0.6 is 12.4 Å². The summed E-state index contributed by atoms with van der Waals surface area (Å²) in [6.45, 7) is 2.94. The number of halogens is 1. The molecule has 1 aliphatic heterocycles. The Bertz CT molecular complexity index is 371. The highest BCUT2D eigenvalue weighted by molar-refractivity contribution is 5.85. The first-order valence-corrected chi connectivity index (χ1v) is 9.21. The number of hydrogen-bond acceptors (Lipinski definition) is 2. The lowest BCUT2D eigenvalue weighted by atomic mass is 9.49. The first kappa shape index (κ1) is 16.6. The van der Waals surface area contributed by atoms with Gasteiger partial charge in [0.05, 0.1) is 0 Å². The molecule has 0 aromatic heterocycles. The smallest absolute Gasteiger partial charge is 0.223 e. The fourth-order valence-corrected chi connectivity index (χ4v) is 6.28. The Kier molecular flexibility index (Phi) is 5.04. The van der Waals surface area contributed by atoms with Gasteiger partial charge in [-0.2, -0.15) is 0 Å². The van der Waals surface area contributed by atoms with Crippen LogP contribution in [0.3, 0.4) is 0 Å². The summed E-state index contributed by atoms with van der Waals surface area (Å²) in [5.74, 6) is 3.66. The van der Waals surface area contributed by atoms with Gasteiger partial charge in [0.2, 0.25) is 5.91 Å². The topological polar surface area (TPSA) is 41.1 Å². The van der Waals surface area contributed by atoms with E-state index in [1.54, 1.807) is 0 Å². The molecule has 0 aromatic rings. The number of hydrogen-bond donors (Lipinski definition) is 2. The molecule has 1 amide bonds. The highest BCUT2D eigenvalue weighted by Gasteiger charge is 2.50. The van der Waals surface area contributed by atoms with Crippen molar-refractivity contribution < 1.29 is 4.79 Å². The van der Waals surface area contributed by atoms with Gasteiger partial charge in [-0.3, -0.25) is 4.79 Å². The Morgan fingerprint density at radius 3 is 2.09 bits per heavy atom. The monoisotopic (exact) mass is 326 g/mol. The van der Waals surface area contributed by atoms with Crippen molar-refractivity contribution in [3.8, 4) is 0 Å². The molecule has 0 unspecified atom stereocenters. The molecule has 1 saturated heterocycles. The minimum Gasteiger partial charge on any atom is -0.356 e. The third kappa shape index (κ3) is 3.31. The molecule has 3 nitrogen and oxygen atoms in total. The van der Waals surface area contributed by atoms with Gasteiger partial charge in [0, 0.05) is 12.5 Å². The largest absolute Gasteiger partial charge is 0.356 e. The molecule has 4 saturated carbocycles. The molecule has 5 rings (SSSR count). The van der Waals surface area contributed by atoms with E-state index < -0.39 is 0 Å². The summed E-state index contributed by atoms with van der Waals surface area (Å²) >= 11 is 0. The summed E-state index contributed by atoms with van der Waals surface area (Å²) in [4.78, 5) is 12.2. The lowest BCUT2D eigenvalue weighted by molar-refractivity contribution is -0.126. The molecule has 0 aromatic carbocycles. The van der Waals surface area contributed by atoms with E-state index in [-0.39, 0.29) is 18.3 Å². The lowest BCUT2D eigenvalue weighted by Crippen LogP contribution is -2.47. The van der Waals surface area contributed by atoms with Gasteiger partial charge in [-0.25, -0.2) is 0 Å². The van der Waals surface area contributed by atoms with E-state index >= 15 is 0 Å². The molecule has 1 heterocycles. The minimum atomic E-state index is 0. The van der Waals surface area contributed by atoms with Gasteiger partial charge in [-0.05, 0) is 94.0 Å². The molecule has 4 bridgehead atoms. The minimum absolute atomic E-state index is 0. The number of piperidine rings is 1. The summed E-state index contributed by atoms with van der Waals surface area (Å²) in [6, 6.07) is 0. The van der Waals surface area contributed by atoms with Gasteiger partial charge in [-0.15, -0.1) is 12.4 Å². The molecule has 126 valence electrons. The van der Waals surface area contributed by atoms with Crippen LogP contribution in [0.1, 0.15) is 57.8 Å². The van der Waals surface area contributed by atoms with Crippen molar-refractivity contribution in [1.82, 2.24) is 10.6 Å². The van der Waals surface area contributed by atoms with Gasteiger partial charge in [0.15, 0.2) is 0 Å². The van der Waals surface area contributed by atoms with Crippen molar-refractivity contribution >= 4 is 18.3 Å². The zero-order valence-electron chi connectivity index (χ0n) is 13.6. The number of carbonyl (C=O) groups is 1. The van der Waals surface area contributed by atoms with Crippen LogP contribution < -0.4 is 10.6 Å². The fourth-order valence-electron chi connectivity index (χ4n) is 6.28. The molecule has 2 N–H and O–H groups in total. The van der Waals surface area contributed by atoms with Crippen LogP contribution in [-0.2, 0) is 4.79 Å². The van der Waals surface area contributed by atoms with E-state index in [1.165, 1.54) is 44.9 Å². The zero-order chi connectivity index (χ0) is 14.3. The molecule has 5 aliphatic rings. The standard InChI is InChI=1S/C18H30N2O.ClH/c21-17(16-1-4-19-5-2-16)20-6-3-18-10-13-7-14(11-18)9-15(8-13)12-18;/h13-16,19H,1-12H2,(H,20,21);1H.